The van der Waals surface area contributed by atoms with E-state index in [0.29, 0.717) is 11.5 Å². The van der Waals surface area contributed by atoms with Crippen molar-refractivity contribution in [2.24, 2.45) is 5.10 Å². The van der Waals surface area contributed by atoms with E-state index in [1.54, 1.807) is 6.92 Å². The first-order valence-corrected chi connectivity index (χ1v) is 7.81. The Labute approximate surface area is 142 Å². The van der Waals surface area contributed by atoms with E-state index < -0.39 is 0 Å². The second-order valence-electron chi connectivity index (χ2n) is 5.62. The van der Waals surface area contributed by atoms with Gasteiger partial charge in [-0.2, -0.15) is 5.10 Å². The number of para-hydroxylation sites is 2. The molecule has 2 aromatic carbocycles. The second-order valence-corrected chi connectivity index (χ2v) is 5.62. The summed E-state index contributed by atoms with van der Waals surface area (Å²) < 4.78 is 7.25. The minimum absolute atomic E-state index is 0.0391. The summed E-state index contributed by atoms with van der Waals surface area (Å²) in [6.45, 7) is 1.82. The predicted molar refractivity (Wildman–Crippen MR) is 94.1 cm³/mol. The van der Waals surface area contributed by atoms with Crippen molar-refractivity contribution in [2.75, 3.05) is 0 Å². The minimum Gasteiger partial charge on any atom is -0.455 e. The summed E-state index contributed by atoms with van der Waals surface area (Å²) in [5, 5.41) is 13.1. The average molecular weight is 333 g/mol. The zero-order valence-electron chi connectivity index (χ0n) is 13.5. The van der Waals surface area contributed by atoms with Crippen LogP contribution < -0.4 is 5.43 Å². The van der Waals surface area contributed by atoms with E-state index in [-0.39, 0.29) is 12.5 Å². The smallest absolute Gasteiger partial charge is 0.261 e. The summed E-state index contributed by atoms with van der Waals surface area (Å²) in [6, 6.07) is 17.1. The summed E-state index contributed by atoms with van der Waals surface area (Å²) in [5.41, 5.74) is 5.45. The van der Waals surface area contributed by atoms with Crippen molar-refractivity contribution in [3.63, 3.8) is 0 Å². The van der Waals surface area contributed by atoms with Crippen molar-refractivity contribution in [3.05, 3.63) is 60.4 Å². The molecular formula is C18H15N5O2. The first-order chi connectivity index (χ1) is 12.2. The number of carbonyl (C=O) groups is 1. The van der Waals surface area contributed by atoms with Gasteiger partial charge >= 0.3 is 0 Å². The number of aromatic nitrogens is 3. The fourth-order valence-corrected chi connectivity index (χ4v) is 2.57. The number of hydrogen-bond acceptors (Lipinski definition) is 5. The maximum absolute atomic E-state index is 12.1. The number of nitrogens with zero attached hydrogens (tertiary/aromatic N) is 4. The van der Waals surface area contributed by atoms with Crippen LogP contribution in [0.3, 0.4) is 0 Å². The molecule has 0 aliphatic carbocycles. The zero-order chi connectivity index (χ0) is 17.2. The Morgan fingerprint density at radius 2 is 2.00 bits per heavy atom. The van der Waals surface area contributed by atoms with Crippen LogP contribution in [0.25, 0.3) is 22.0 Å². The number of carbonyl (C=O) groups excluding carboxylic acids is 1. The zero-order valence-corrected chi connectivity index (χ0v) is 13.5. The third-order valence-corrected chi connectivity index (χ3v) is 3.84. The molecule has 1 N–H and O–H groups in total. The van der Waals surface area contributed by atoms with Gasteiger partial charge in [-0.3, -0.25) is 4.79 Å². The highest BCUT2D eigenvalue weighted by molar-refractivity contribution is 6.00. The Morgan fingerprint density at radius 1 is 1.20 bits per heavy atom. The minimum atomic E-state index is -0.286. The van der Waals surface area contributed by atoms with E-state index in [9.17, 15) is 4.79 Å². The molecule has 0 radical (unpaired) electrons. The summed E-state index contributed by atoms with van der Waals surface area (Å²) >= 11 is 0. The highest BCUT2D eigenvalue weighted by Crippen LogP contribution is 2.19. The van der Waals surface area contributed by atoms with Gasteiger partial charge in [0, 0.05) is 5.39 Å². The predicted octanol–water partition coefficient (Wildman–Crippen LogP) is 2.72. The summed E-state index contributed by atoms with van der Waals surface area (Å²) in [5.74, 6) is 0.332. The number of furan rings is 1. The number of hydrazone groups is 1. The van der Waals surface area contributed by atoms with Gasteiger partial charge in [-0.15, -0.1) is 5.10 Å². The summed E-state index contributed by atoms with van der Waals surface area (Å²) in [7, 11) is 0. The van der Waals surface area contributed by atoms with Crippen LogP contribution in [0, 0.1) is 0 Å². The molecule has 0 saturated heterocycles. The monoisotopic (exact) mass is 333 g/mol. The lowest BCUT2D eigenvalue weighted by Gasteiger charge is -2.02. The first-order valence-electron chi connectivity index (χ1n) is 7.81. The molecule has 1 amide bonds. The van der Waals surface area contributed by atoms with Crippen LogP contribution >= 0.6 is 0 Å². The summed E-state index contributed by atoms with van der Waals surface area (Å²) in [6.07, 6.45) is 0. The molecule has 4 rings (SSSR count). The summed E-state index contributed by atoms with van der Waals surface area (Å²) in [4.78, 5) is 12.1. The van der Waals surface area contributed by atoms with Crippen molar-refractivity contribution in [1.29, 1.82) is 0 Å². The van der Waals surface area contributed by atoms with Gasteiger partial charge in [0.05, 0.1) is 5.52 Å². The molecule has 25 heavy (non-hydrogen) atoms. The van der Waals surface area contributed by atoms with Crippen LogP contribution in [0.4, 0.5) is 0 Å². The van der Waals surface area contributed by atoms with E-state index >= 15 is 0 Å². The molecular weight excluding hydrogens is 318 g/mol. The van der Waals surface area contributed by atoms with Crippen molar-refractivity contribution in [2.45, 2.75) is 13.5 Å². The lowest BCUT2D eigenvalue weighted by Crippen LogP contribution is -2.24. The highest BCUT2D eigenvalue weighted by Gasteiger charge is 2.09. The number of nitrogens with one attached hydrogen (secondary N) is 1. The number of benzene rings is 2. The Hall–Kier alpha value is -3.48. The van der Waals surface area contributed by atoms with Gasteiger partial charge in [-0.25, -0.2) is 10.1 Å². The molecule has 7 heteroatoms. The van der Waals surface area contributed by atoms with Crippen molar-refractivity contribution in [1.82, 2.24) is 20.4 Å². The molecule has 0 fully saturated rings. The number of hydrogen-bond donors (Lipinski definition) is 1. The van der Waals surface area contributed by atoms with Gasteiger partial charge in [0.25, 0.3) is 5.91 Å². The van der Waals surface area contributed by atoms with Gasteiger partial charge in [0.2, 0.25) is 0 Å². The highest BCUT2D eigenvalue weighted by atomic mass is 16.3. The van der Waals surface area contributed by atoms with Gasteiger partial charge < -0.3 is 4.42 Å². The van der Waals surface area contributed by atoms with E-state index in [1.807, 2.05) is 54.6 Å². The lowest BCUT2D eigenvalue weighted by atomic mass is 10.2. The Morgan fingerprint density at radius 3 is 2.88 bits per heavy atom. The van der Waals surface area contributed by atoms with E-state index in [2.05, 4.69) is 20.8 Å². The number of fused-ring (bicyclic) bond motifs is 2. The lowest BCUT2D eigenvalue weighted by molar-refractivity contribution is -0.121. The maximum atomic E-state index is 12.1. The molecule has 4 aromatic rings. The Balaban J connectivity index is 1.47. The molecule has 0 unspecified atom stereocenters. The quantitative estimate of drug-likeness (QED) is 0.460. The van der Waals surface area contributed by atoms with Crippen LogP contribution in [0.2, 0.25) is 0 Å². The van der Waals surface area contributed by atoms with Crippen LogP contribution in [0.1, 0.15) is 12.7 Å². The third-order valence-electron chi connectivity index (χ3n) is 3.84. The average Bonchev–Trinajstić information content (AvgIpc) is 3.24. The Kier molecular flexibility index (Phi) is 3.74. The molecule has 124 valence electrons. The van der Waals surface area contributed by atoms with Crippen molar-refractivity contribution in [3.8, 4) is 0 Å². The van der Waals surface area contributed by atoms with Crippen LogP contribution in [0.15, 0.2) is 64.1 Å². The normalized spacial score (nSPS) is 12.0. The molecule has 7 nitrogen and oxygen atoms in total. The van der Waals surface area contributed by atoms with Crippen molar-refractivity contribution >= 4 is 33.6 Å². The van der Waals surface area contributed by atoms with Crippen LogP contribution in [-0.4, -0.2) is 26.6 Å². The molecule has 0 aliphatic rings. The number of amides is 1. The standard InChI is InChI=1S/C18H15N5O2/c1-12(17-10-13-6-2-5-9-16(13)25-17)19-21-18(24)11-23-15-8-4-3-7-14(15)20-22-23/h2-10H,11H2,1H3,(H,21,24)/b19-12-. The number of rotatable bonds is 4. The fraction of sp³-hybridized carbons (Fsp3) is 0.111. The van der Waals surface area contributed by atoms with Crippen LogP contribution in [-0.2, 0) is 11.3 Å². The van der Waals surface area contributed by atoms with E-state index in [4.69, 9.17) is 4.42 Å². The maximum Gasteiger partial charge on any atom is 0.261 e. The van der Waals surface area contributed by atoms with Gasteiger partial charge in [-0.1, -0.05) is 35.5 Å². The Bertz CT molecular complexity index is 1060. The molecule has 0 saturated carbocycles. The van der Waals surface area contributed by atoms with Gasteiger partial charge in [-0.05, 0) is 31.2 Å². The van der Waals surface area contributed by atoms with Crippen LogP contribution in [0.5, 0.6) is 0 Å². The topological polar surface area (TPSA) is 85.3 Å². The van der Waals surface area contributed by atoms with E-state index in [0.717, 1.165) is 22.0 Å². The molecule has 2 aromatic heterocycles. The van der Waals surface area contributed by atoms with Crippen molar-refractivity contribution < 1.29 is 9.21 Å². The third kappa shape index (κ3) is 2.99. The molecule has 2 heterocycles. The molecule has 0 spiro atoms. The second kappa shape index (κ2) is 6.20. The van der Waals surface area contributed by atoms with E-state index in [1.165, 1.54) is 4.68 Å². The first kappa shape index (κ1) is 15.1. The largest absolute Gasteiger partial charge is 0.455 e. The SMILES string of the molecule is C/C(=N/NC(=O)Cn1nnc2ccccc21)c1cc2ccccc2o1. The van der Waals surface area contributed by atoms with Gasteiger partial charge in [0.15, 0.2) is 5.76 Å². The fourth-order valence-electron chi connectivity index (χ4n) is 2.57. The van der Waals surface area contributed by atoms with Gasteiger partial charge in [0.1, 0.15) is 23.4 Å². The molecule has 0 atom stereocenters. The molecule has 0 bridgehead atoms. The molecule has 0 aliphatic heterocycles.